The molecule has 0 saturated carbocycles. The summed E-state index contributed by atoms with van der Waals surface area (Å²) in [6.07, 6.45) is 0.783. The van der Waals surface area contributed by atoms with Gasteiger partial charge in [0.05, 0.1) is 0 Å². The summed E-state index contributed by atoms with van der Waals surface area (Å²) in [4.78, 5) is 26.3. The van der Waals surface area contributed by atoms with Gasteiger partial charge in [-0.3, -0.25) is 9.59 Å². The zero-order valence-corrected chi connectivity index (χ0v) is 19.6. The molecule has 32 heavy (non-hydrogen) atoms. The SMILES string of the molecule is CCC(CC)(O[P+](=O)OC(CC)(CC)C(=O)c1ccc(F)cc1)C(=O)c1ccc(F)cc1. The third-order valence-electron chi connectivity index (χ3n) is 5.82. The van der Waals surface area contributed by atoms with Crippen LogP contribution in [0.4, 0.5) is 8.78 Å². The van der Waals surface area contributed by atoms with Gasteiger partial charge in [-0.25, -0.2) is 8.78 Å². The second-order valence-electron chi connectivity index (χ2n) is 7.48. The van der Waals surface area contributed by atoms with Gasteiger partial charge in [-0.05, 0) is 74.2 Å². The first-order chi connectivity index (χ1) is 15.2. The summed E-state index contributed by atoms with van der Waals surface area (Å²) < 4.78 is 50.8. The van der Waals surface area contributed by atoms with Gasteiger partial charge >= 0.3 is 8.25 Å². The van der Waals surface area contributed by atoms with Crippen molar-refractivity contribution >= 4 is 19.8 Å². The molecule has 0 aromatic heterocycles. The number of hydrogen-bond acceptors (Lipinski definition) is 5. The second kappa shape index (κ2) is 11.0. The molecule has 5 nitrogen and oxygen atoms in total. The van der Waals surface area contributed by atoms with Gasteiger partial charge in [0, 0.05) is 15.7 Å². The predicted octanol–water partition coefficient (Wildman–Crippen LogP) is 6.84. The van der Waals surface area contributed by atoms with E-state index in [-0.39, 0.29) is 36.8 Å². The van der Waals surface area contributed by atoms with Crippen molar-refractivity contribution in [2.24, 2.45) is 0 Å². The number of hydrogen-bond donors (Lipinski definition) is 0. The van der Waals surface area contributed by atoms with Crippen molar-refractivity contribution in [1.29, 1.82) is 0 Å². The highest BCUT2D eigenvalue weighted by Gasteiger charge is 2.51. The maximum Gasteiger partial charge on any atom is 0.699 e. The number of rotatable bonds is 12. The monoisotopic (exact) mass is 465 g/mol. The number of Topliss-reactive ketones (excluding diaryl/α,β-unsaturated/α-hetero) is 2. The topological polar surface area (TPSA) is 69.7 Å². The minimum atomic E-state index is -2.88. The van der Waals surface area contributed by atoms with Gasteiger partial charge in [0.25, 0.3) is 0 Å². The quantitative estimate of drug-likeness (QED) is 0.254. The average molecular weight is 465 g/mol. The highest BCUT2D eigenvalue weighted by Crippen LogP contribution is 2.43. The predicted molar refractivity (Wildman–Crippen MR) is 118 cm³/mol. The van der Waals surface area contributed by atoms with Gasteiger partial charge in [0.15, 0.2) is 22.8 Å². The summed E-state index contributed by atoms with van der Waals surface area (Å²) in [6.45, 7) is 6.85. The molecule has 8 heteroatoms. The number of ketones is 2. The molecule has 0 radical (unpaired) electrons. The smallest absolute Gasteiger partial charge is 0.291 e. The lowest BCUT2D eigenvalue weighted by atomic mass is 9.88. The van der Waals surface area contributed by atoms with Gasteiger partial charge in [-0.1, -0.05) is 27.7 Å². The van der Waals surface area contributed by atoms with E-state index in [4.69, 9.17) is 9.05 Å². The first-order valence-corrected chi connectivity index (χ1v) is 11.7. The van der Waals surface area contributed by atoms with Crippen LogP contribution in [0.3, 0.4) is 0 Å². The Morgan fingerprint density at radius 3 is 1.22 bits per heavy atom. The fourth-order valence-corrected chi connectivity index (χ4v) is 4.81. The summed E-state index contributed by atoms with van der Waals surface area (Å²) in [7, 11) is -2.88. The fraction of sp³-hybridized carbons (Fsp3) is 0.417. The summed E-state index contributed by atoms with van der Waals surface area (Å²) >= 11 is 0. The van der Waals surface area contributed by atoms with E-state index < -0.39 is 42.7 Å². The molecule has 172 valence electrons. The Morgan fingerprint density at radius 1 is 0.688 bits per heavy atom. The maximum absolute atomic E-state index is 13.3. The van der Waals surface area contributed by atoms with Crippen molar-refractivity contribution in [2.45, 2.75) is 64.6 Å². The van der Waals surface area contributed by atoms with Crippen molar-refractivity contribution in [3.05, 3.63) is 71.3 Å². The van der Waals surface area contributed by atoms with Crippen LogP contribution in [0.15, 0.2) is 48.5 Å². The summed E-state index contributed by atoms with van der Waals surface area (Å²) in [5.74, 6) is -1.85. The number of benzene rings is 2. The van der Waals surface area contributed by atoms with Crippen LogP contribution >= 0.6 is 8.25 Å². The van der Waals surface area contributed by atoms with E-state index in [1.807, 2.05) is 0 Å². The minimum absolute atomic E-state index is 0.196. The Morgan fingerprint density at radius 2 is 0.969 bits per heavy atom. The lowest BCUT2D eigenvalue weighted by Gasteiger charge is -2.26. The molecule has 0 atom stereocenters. The Hall–Kier alpha value is -2.34. The highest BCUT2D eigenvalue weighted by molar-refractivity contribution is 7.33. The maximum atomic E-state index is 13.3. The van der Waals surface area contributed by atoms with E-state index in [9.17, 15) is 22.9 Å². The van der Waals surface area contributed by atoms with Crippen molar-refractivity contribution in [1.82, 2.24) is 0 Å². The molecule has 0 N–H and O–H groups in total. The molecular formula is C24H28F2O5P+. The van der Waals surface area contributed by atoms with E-state index in [1.54, 1.807) is 27.7 Å². The van der Waals surface area contributed by atoms with Crippen LogP contribution in [0.5, 0.6) is 0 Å². The van der Waals surface area contributed by atoms with E-state index in [2.05, 4.69) is 0 Å². The largest absolute Gasteiger partial charge is 0.699 e. The van der Waals surface area contributed by atoms with Crippen LogP contribution < -0.4 is 0 Å². The molecule has 0 unspecified atom stereocenters. The van der Waals surface area contributed by atoms with Crippen molar-refractivity contribution in [2.75, 3.05) is 0 Å². The van der Waals surface area contributed by atoms with Crippen LogP contribution in [0, 0.1) is 11.6 Å². The first kappa shape index (κ1) is 25.9. The summed E-state index contributed by atoms with van der Waals surface area (Å²) in [5, 5.41) is 0. The zero-order valence-electron chi connectivity index (χ0n) is 18.7. The van der Waals surface area contributed by atoms with Gasteiger partial charge in [0.1, 0.15) is 11.6 Å². The third-order valence-corrected chi connectivity index (χ3v) is 6.82. The molecule has 0 bridgehead atoms. The van der Waals surface area contributed by atoms with E-state index >= 15 is 0 Å². The molecule has 0 fully saturated rings. The third kappa shape index (κ3) is 5.52. The highest BCUT2D eigenvalue weighted by atomic mass is 31.1. The Labute approximate surface area is 188 Å². The Bertz CT molecular complexity index is 872. The normalized spacial score (nSPS) is 11.9. The van der Waals surface area contributed by atoms with Crippen LogP contribution in [0.25, 0.3) is 0 Å². The molecule has 2 aromatic carbocycles. The molecule has 0 aliphatic rings. The molecule has 0 saturated heterocycles. The lowest BCUT2D eigenvalue weighted by Crippen LogP contribution is -2.42. The zero-order chi connectivity index (χ0) is 23.9. The van der Waals surface area contributed by atoms with E-state index in [0.717, 1.165) is 0 Å². The van der Waals surface area contributed by atoms with Crippen LogP contribution in [0.1, 0.15) is 74.1 Å². The van der Waals surface area contributed by atoms with Gasteiger partial charge in [-0.2, -0.15) is 0 Å². The standard InChI is InChI=1S/C24H28F2O5P/c1-5-23(6-2,21(27)17-9-13-19(25)14-10-17)30-32(29)31-24(7-3,8-4)22(28)18-11-15-20(26)16-12-18/h9-16H,5-8H2,1-4H3/q+1. The van der Waals surface area contributed by atoms with Crippen molar-refractivity contribution in [3.8, 4) is 0 Å². The van der Waals surface area contributed by atoms with Gasteiger partial charge in [0.2, 0.25) is 0 Å². The Balaban J connectivity index is 2.29. The molecule has 0 aliphatic carbocycles. The number of carbonyl (C=O) groups excluding carboxylic acids is 2. The number of halogens is 2. The molecule has 0 heterocycles. The average Bonchev–Trinajstić information content (AvgIpc) is 2.81. The number of carbonyl (C=O) groups is 2. The van der Waals surface area contributed by atoms with E-state index in [1.165, 1.54) is 48.5 Å². The van der Waals surface area contributed by atoms with E-state index in [0.29, 0.717) is 0 Å². The molecule has 0 amide bonds. The Kier molecular flexibility index (Phi) is 8.90. The lowest BCUT2D eigenvalue weighted by molar-refractivity contribution is 0.0104. The summed E-state index contributed by atoms with van der Waals surface area (Å²) in [6, 6.07) is 10.0. The van der Waals surface area contributed by atoms with Crippen molar-refractivity contribution in [3.63, 3.8) is 0 Å². The second-order valence-corrected chi connectivity index (χ2v) is 8.29. The molecular weight excluding hydrogens is 437 g/mol. The van der Waals surface area contributed by atoms with Crippen LogP contribution in [-0.2, 0) is 13.6 Å². The minimum Gasteiger partial charge on any atom is -0.291 e. The molecule has 0 aliphatic heterocycles. The van der Waals surface area contributed by atoms with Gasteiger partial charge < -0.3 is 0 Å². The molecule has 2 aromatic rings. The summed E-state index contributed by atoms with van der Waals surface area (Å²) in [5.41, 5.74) is -2.48. The molecule has 0 spiro atoms. The first-order valence-electron chi connectivity index (χ1n) is 10.6. The van der Waals surface area contributed by atoms with Crippen LogP contribution in [-0.4, -0.2) is 22.8 Å². The van der Waals surface area contributed by atoms with Gasteiger partial charge in [-0.15, -0.1) is 9.05 Å². The van der Waals surface area contributed by atoms with Crippen LogP contribution in [0.2, 0.25) is 0 Å². The van der Waals surface area contributed by atoms with Crippen molar-refractivity contribution < 1.29 is 32.0 Å². The molecule has 2 rings (SSSR count). The fourth-order valence-electron chi connectivity index (χ4n) is 3.52.